The topological polar surface area (TPSA) is 76.0 Å². The van der Waals surface area contributed by atoms with E-state index in [1.165, 1.54) is 12.1 Å². The highest BCUT2D eigenvalue weighted by atomic mass is 19.1. The van der Waals surface area contributed by atoms with Gasteiger partial charge in [-0.1, -0.05) is 18.2 Å². The number of aromatic nitrogens is 1. The molecular formula is C16H11FN2O2. The highest BCUT2D eigenvalue weighted by Gasteiger charge is 2.11. The number of amides is 1. The van der Waals surface area contributed by atoms with Crippen molar-refractivity contribution >= 4 is 16.7 Å². The Balaban J connectivity index is 2.26. The van der Waals surface area contributed by atoms with E-state index in [-0.39, 0.29) is 11.1 Å². The largest absolute Gasteiger partial charge is 0.366 e. The van der Waals surface area contributed by atoms with Crippen LogP contribution in [0.4, 0.5) is 4.39 Å². The summed E-state index contributed by atoms with van der Waals surface area (Å²) in [5, 5.41) is 1.24. The van der Waals surface area contributed by atoms with Gasteiger partial charge in [-0.15, -0.1) is 0 Å². The fraction of sp³-hybridized carbons (Fsp3) is 0. The van der Waals surface area contributed by atoms with Gasteiger partial charge in [0.15, 0.2) is 0 Å². The molecule has 1 heterocycles. The first kappa shape index (κ1) is 13.1. The Bertz CT molecular complexity index is 916. The lowest BCUT2D eigenvalue weighted by Gasteiger charge is -2.07. The van der Waals surface area contributed by atoms with Crippen LogP contribution in [0.3, 0.4) is 0 Å². The molecule has 21 heavy (non-hydrogen) atoms. The van der Waals surface area contributed by atoms with Gasteiger partial charge in [-0.3, -0.25) is 9.59 Å². The minimum absolute atomic E-state index is 0.156. The first-order chi connectivity index (χ1) is 10.1. The van der Waals surface area contributed by atoms with Crippen molar-refractivity contribution in [3.8, 4) is 11.1 Å². The first-order valence-electron chi connectivity index (χ1n) is 6.28. The van der Waals surface area contributed by atoms with Crippen LogP contribution in [0.5, 0.6) is 0 Å². The number of carbonyl (C=O) groups excluding carboxylic acids is 1. The molecule has 5 heteroatoms. The van der Waals surface area contributed by atoms with Crippen LogP contribution in [0, 0.1) is 5.82 Å². The number of rotatable bonds is 2. The Labute approximate surface area is 119 Å². The van der Waals surface area contributed by atoms with Crippen LogP contribution in [-0.4, -0.2) is 10.9 Å². The molecule has 0 radical (unpaired) electrons. The van der Waals surface area contributed by atoms with E-state index in [1.54, 1.807) is 36.5 Å². The molecule has 0 fully saturated rings. The summed E-state index contributed by atoms with van der Waals surface area (Å²) in [7, 11) is 0. The molecule has 0 spiro atoms. The molecule has 1 aromatic heterocycles. The summed E-state index contributed by atoms with van der Waals surface area (Å²) in [6.45, 7) is 0. The van der Waals surface area contributed by atoms with Gasteiger partial charge in [-0.25, -0.2) is 4.39 Å². The molecule has 4 nitrogen and oxygen atoms in total. The Kier molecular flexibility index (Phi) is 3.02. The van der Waals surface area contributed by atoms with Gasteiger partial charge in [-0.2, -0.15) is 0 Å². The van der Waals surface area contributed by atoms with Gasteiger partial charge < -0.3 is 10.7 Å². The minimum atomic E-state index is -0.812. The van der Waals surface area contributed by atoms with E-state index in [0.717, 1.165) is 0 Å². The third-order valence-electron chi connectivity index (χ3n) is 3.36. The van der Waals surface area contributed by atoms with Crippen LogP contribution in [0.2, 0.25) is 0 Å². The Morgan fingerprint density at radius 1 is 1.10 bits per heavy atom. The average Bonchev–Trinajstić information content (AvgIpc) is 2.46. The standard InChI is InChI=1S/C16H11FN2O2/c17-14-8-9(4-5-13(14)15(18)20)10-2-1-3-12-11(10)6-7-19-16(12)21/h1-8H,(H2,18,20)(H,19,21). The molecule has 0 atom stereocenters. The average molecular weight is 282 g/mol. The number of carbonyl (C=O) groups is 1. The van der Waals surface area contributed by atoms with E-state index in [1.807, 2.05) is 0 Å². The maximum atomic E-state index is 13.9. The highest BCUT2D eigenvalue weighted by molar-refractivity contribution is 5.97. The van der Waals surface area contributed by atoms with Crippen LogP contribution < -0.4 is 11.3 Å². The van der Waals surface area contributed by atoms with Crippen LogP contribution >= 0.6 is 0 Å². The van der Waals surface area contributed by atoms with Crippen molar-refractivity contribution in [2.45, 2.75) is 0 Å². The molecule has 0 saturated carbocycles. The molecule has 0 aliphatic rings. The van der Waals surface area contributed by atoms with Crippen molar-refractivity contribution in [2.24, 2.45) is 5.73 Å². The van der Waals surface area contributed by atoms with Crippen molar-refractivity contribution in [1.29, 1.82) is 0 Å². The Morgan fingerprint density at radius 3 is 2.62 bits per heavy atom. The SMILES string of the molecule is NC(=O)c1ccc(-c2cccc3c(=O)[nH]ccc23)cc1F. The summed E-state index contributed by atoms with van der Waals surface area (Å²) < 4.78 is 13.9. The van der Waals surface area contributed by atoms with Gasteiger partial charge >= 0.3 is 0 Å². The number of nitrogens with two attached hydrogens (primary N) is 1. The molecule has 3 rings (SSSR count). The Hall–Kier alpha value is -2.95. The maximum Gasteiger partial charge on any atom is 0.255 e. The molecule has 0 bridgehead atoms. The number of nitrogens with one attached hydrogen (secondary N) is 1. The third-order valence-corrected chi connectivity index (χ3v) is 3.36. The summed E-state index contributed by atoms with van der Waals surface area (Å²) in [4.78, 5) is 25.4. The lowest BCUT2D eigenvalue weighted by molar-refractivity contribution is 0.0996. The van der Waals surface area contributed by atoms with Crippen molar-refractivity contribution in [2.75, 3.05) is 0 Å². The molecule has 3 N–H and O–H groups in total. The summed E-state index contributed by atoms with van der Waals surface area (Å²) in [6.07, 6.45) is 1.54. The minimum Gasteiger partial charge on any atom is -0.366 e. The molecule has 2 aromatic carbocycles. The van der Waals surface area contributed by atoms with Crippen molar-refractivity contribution in [3.63, 3.8) is 0 Å². The predicted octanol–water partition coefficient (Wildman–Crippen LogP) is 2.43. The molecular weight excluding hydrogens is 271 g/mol. The zero-order valence-corrected chi connectivity index (χ0v) is 10.9. The lowest BCUT2D eigenvalue weighted by Crippen LogP contribution is -2.13. The maximum absolute atomic E-state index is 13.9. The van der Waals surface area contributed by atoms with E-state index in [0.29, 0.717) is 21.9 Å². The van der Waals surface area contributed by atoms with E-state index < -0.39 is 11.7 Å². The fourth-order valence-electron chi connectivity index (χ4n) is 2.36. The van der Waals surface area contributed by atoms with Gasteiger partial charge in [0.2, 0.25) is 0 Å². The second kappa shape index (κ2) is 4.86. The molecule has 3 aromatic rings. The summed E-state index contributed by atoms with van der Waals surface area (Å²) in [6, 6.07) is 11.2. The molecule has 0 unspecified atom stereocenters. The number of aromatic amines is 1. The number of H-pyrrole nitrogens is 1. The monoisotopic (exact) mass is 282 g/mol. The fourth-order valence-corrected chi connectivity index (χ4v) is 2.36. The van der Waals surface area contributed by atoms with Crippen molar-refractivity contribution < 1.29 is 9.18 Å². The molecule has 104 valence electrons. The van der Waals surface area contributed by atoms with Crippen LogP contribution in [0.25, 0.3) is 21.9 Å². The summed E-state index contributed by atoms with van der Waals surface area (Å²) >= 11 is 0. The van der Waals surface area contributed by atoms with Gasteiger partial charge in [0.25, 0.3) is 11.5 Å². The smallest absolute Gasteiger partial charge is 0.255 e. The summed E-state index contributed by atoms with van der Waals surface area (Å²) in [5.41, 5.74) is 6.02. The second-order valence-electron chi connectivity index (χ2n) is 4.63. The van der Waals surface area contributed by atoms with Gasteiger partial charge in [0.05, 0.1) is 5.56 Å². The molecule has 1 amide bonds. The second-order valence-corrected chi connectivity index (χ2v) is 4.63. The van der Waals surface area contributed by atoms with Crippen LogP contribution in [0.15, 0.2) is 53.5 Å². The number of hydrogen-bond acceptors (Lipinski definition) is 2. The van der Waals surface area contributed by atoms with Crippen LogP contribution in [0.1, 0.15) is 10.4 Å². The van der Waals surface area contributed by atoms with Crippen molar-refractivity contribution in [3.05, 3.63) is 70.4 Å². The molecule has 0 saturated heterocycles. The van der Waals surface area contributed by atoms with Crippen LogP contribution in [-0.2, 0) is 0 Å². The quantitative estimate of drug-likeness (QED) is 0.757. The normalized spacial score (nSPS) is 10.7. The van der Waals surface area contributed by atoms with Gasteiger partial charge in [0.1, 0.15) is 5.82 Å². The molecule has 0 aliphatic heterocycles. The van der Waals surface area contributed by atoms with Gasteiger partial charge in [-0.05, 0) is 40.8 Å². The van der Waals surface area contributed by atoms with Gasteiger partial charge in [0, 0.05) is 11.6 Å². The van der Waals surface area contributed by atoms with E-state index in [2.05, 4.69) is 4.98 Å². The predicted molar refractivity (Wildman–Crippen MR) is 78.5 cm³/mol. The zero-order chi connectivity index (χ0) is 15.0. The number of pyridine rings is 1. The van der Waals surface area contributed by atoms with E-state index in [4.69, 9.17) is 5.73 Å². The highest BCUT2D eigenvalue weighted by Crippen LogP contribution is 2.28. The first-order valence-corrected chi connectivity index (χ1v) is 6.28. The number of primary amides is 1. The Morgan fingerprint density at radius 2 is 1.90 bits per heavy atom. The third kappa shape index (κ3) is 2.18. The summed E-state index contributed by atoms with van der Waals surface area (Å²) in [5.74, 6) is -1.49. The lowest BCUT2D eigenvalue weighted by atomic mass is 9.98. The van der Waals surface area contributed by atoms with Crippen molar-refractivity contribution in [1.82, 2.24) is 4.98 Å². The number of benzene rings is 2. The number of halogens is 1. The van der Waals surface area contributed by atoms with E-state index >= 15 is 0 Å². The number of fused-ring (bicyclic) bond motifs is 1. The molecule has 0 aliphatic carbocycles. The number of hydrogen-bond donors (Lipinski definition) is 2. The van der Waals surface area contributed by atoms with E-state index in [9.17, 15) is 14.0 Å². The zero-order valence-electron chi connectivity index (χ0n) is 10.9.